The highest BCUT2D eigenvalue weighted by molar-refractivity contribution is 7.99. The minimum Gasteiger partial charge on any atom is -0.339 e. The SMILES string of the molecule is CCCCc1nc(SCC(=O)N2CCN(C34CC5CC(CC(C5)C3)C4)CC2)[nH]c1C. The van der Waals surface area contributed by atoms with E-state index in [4.69, 9.17) is 4.98 Å². The van der Waals surface area contributed by atoms with E-state index in [1.165, 1.54) is 51.4 Å². The predicted molar refractivity (Wildman–Crippen MR) is 122 cm³/mol. The quantitative estimate of drug-likeness (QED) is 0.657. The Morgan fingerprint density at radius 2 is 1.73 bits per heavy atom. The smallest absolute Gasteiger partial charge is 0.233 e. The van der Waals surface area contributed by atoms with Gasteiger partial charge in [-0.2, -0.15) is 0 Å². The number of aryl methyl sites for hydroxylation is 2. The molecule has 1 saturated heterocycles. The van der Waals surface area contributed by atoms with Crippen molar-refractivity contribution in [3.8, 4) is 0 Å². The lowest BCUT2D eigenvalue weighted by Crippen LogP contribution is -2.64. The van der Waals surface area contributed by atoms with E-state index in [1.54, 1.807) is 11.8 Å². The van der Waals surface area contributed by atoms with Gasteiger partial charge >= 0.3 is 0 Å². The number of imidazole rings is 1. The van der Waals surface area contributed by atoms with Crippen molar-refractivity contribution in [3.63, 3.8) is 0 Å². The van der Waals surface area contributed by atoms with Gasteiger partial charge in [0.25, 0.3) is 0 Å². The van der Waals surface area contributed by atoms with Gasteiger partial charge < -0.3 is 9.88 Å². The van der Waals surface area contributed by atoms with Crippen molar-refractivity contribution in [1.82, 2.24) is 19.8 Å². The number of carbonyl (C=O) groups excluding carboxylic acids is 1. The van der Waals surface area contributed by atoms with Gasteiger partial charge in [0.1, 0.15) is 0 Å². The summed E-state index contributed by atoms with van der Waals surface area (Å²) in [6.07, 6.45) is 12.2. The highest BCUT2D eigenvalue weighted by Gasteiger charge is 2.53. The fraction of sp³-hybridized carbons (Fsp3) is 0.833. The van der Waals surface area contributed by atoms with Crippen LogP contribution in [0.15, 0.2) is 5.16 Å². The van der Waals surface area contributed by atoms with Crippen molar-refractivity contribution in [2.24, 2.45) is 17.8 Å². The average Bonchev–Trinajstić information content (AvgIpc) is 3.09. The maximum atomic E-state index is 12.8. The Bertz CT molecular complexity index is 732. The number of amides is 1. The van der Waals surface area contributed by atoms with Crippen LogP contribution in [0.5, 0.6) is 0 Å². The van der Waals surface area contributed by atoms with Crippen LogP contribution in [0.25, 0.3) is 0 Å². The maximum Gasteiger partial charge on any atom is 0.233 e. The van der Waals surface area contributed by atoms with Gasteiger partial charge in [0, 0.05) is 37.4 Å². The number of unbranched alkanes of at least 4 members (excludes halogenated alkanes) is 1. The molecule has 1 aromatic rings. The van der Waals surface area contributed by atoms with Gasteiger partial charge in [0.2, 0.25) is 5.91 Å². The molecule has 5 fully saturated rings. The van der Waals surface area contributed by atoms with Crippen LogP contribution in [0, 0.1) is 24.7 Å². The number of thioether (sulfide) groups is 1. The topological polar surface area (TPSA) is 52.2 Å². The molecule has 0 aromatic carbocycles. The molecule has 5 nitrogen and oxygen atoms in total. The summed E-state index contributed by atoms with van der Waals surface area (Å²) in [7, 11) is 0. The molecule has 6 heteroatoms. The van der Waals surface area contributed by atoms with Gasteiger partial charge in [-0.1, -0.05) is 25.1 Å². The van der Waals surface area contributed by atoms with Crippen LogP contribution < -0.4 is 0 Å². The van der Waals surface area contributed by atoms with Gasteiger partial charge in [-0.3, -0.25) is 9.69 Å². The van der Waals surface area contributed by atoms with E-state index in [0.717, 1.165) is 66.9 Å². The molecule has 5 aliphatic rings. The van der Waals surface area contributed by atoms with Gasteiger partial charge in [-0.25, -0.2) is 4.98 Å². The molecule has 4 aliphatic carbocycles. The molecule has 4 saturated carbocycles. The van der Waals surface area contributed by atoms with Crippen LogP contribution >= 0.6 is 11.8 Å². The number of aromatic amines is 1. The molecule has 4 bridgehead atoms. The van der Waals surface area contributed by atoms with Crippen LogP contribution in [0.1, 0.15) is 69.7 Å². The first-order valence-corrected chi connectivity index (χ1v) is 13.2. The summed E-state index contributed by atoms with van der Waals surface area (Å²) in [5.74, 6) is 3.75. The van der Waals surface area contributed by atoms with Gasteiger partial charge in [-0.05, 0) is 76.0 Å². The molecule has 30 heavy (non-hydrogen) atoms. The molecule has 1 aliphatic heterocycles. The summed E-state index contributed by atoms with van der Waals surface area (Å²) in [5.41, 5.74) is 2.80. The molecule has 0 spiro atoms. The molecule has 6 rings (SSSR count). The normalized spacial score (nSPS) is 33.4. The van der Waals surface area contributed by atoms with Crippen molar-refractivity contribution in [1.29, 1.82) is 0 Å². The van der Waals surface area contributed by atoms with E-state index < -0.39 is 0 Å². The van der Waals surface area contributed by atoms with E-state index in [0.29, 0.717) is 11.3 Å². The molecular weight excluding hydrogens is 392 g/mol. The Hall–Kier alpha value is -1.01. The first-order chi connectivity index (χ1) is 14.5. The van der Waals surface area contributed by atoms with E-state index in [-0.39, 0.29) is 5.91 Å². The lowest BCUT2D eigenvalue weighted by Gasteiger charge is -2.61. The summed E-state index contributed by atoms with van der Waals surface area (Å²) in [5, 5.41) is 0.902. The third kappa shape index (κ3) is 4.06. The zero-order chi connectivity index (χ0) is 20.7. The largest absolute Gasteiger partial charge is 0.339 e. The zero-order valence-corrected chi connectivity index (χ0v) is 19.6. The summed E-state index contributed by atoms with van der Waals surface area (Å²) in [6, 6.07) is 0. The Morgan fingerprint density at radius 1 is 1.10 bits per heavy atom. The van der Waals surface area contributed by atoms with Crippen molar-refractivity contribution in [2.75, 3.05) is 31.9 Å². The Labute approximate surface area is 185 Å². The Kier molecular flexibility index (Phi) is 5.91. The van der Waals surface area contributed by atoms with E-state index >= 15 is 0 Å². The second-order valence-corrected chi connectivity index (χ2v) is 11.5. The standard InChI is InChI=1S/C24H38N4OS/c1-3-4-5-21-17(2)25-23(26-21)30-16-22(29)27-6-8-28(9-7-27)24-13-18-10-19(14-24)12-20(11-18)15-24/h18-20H,3-16H2,1-2H3,(H,25,26). The van der Waals surface area contributed by atoms with Crippen LogP contribution in [-0.4, -0.2) is 63.1 Å². The zero-order valence-electron chi connectivity index (χ0n) is 18.8. The molecular formula is C24H38N4OS. The number of aromatic nitrogens is 2. The number of rotatable bonds is 7. The van der Waals surface area contributed by atoms with Crippen LogP contribution in [0.2, 0.25) is 0 Å². The van der Waals surface area contributed by atoms with Crippen molar-refractivity contribution in [2.45, 2.75) is 82.3 Å². The third-order valence-electron chi connectivity index (χ3n) is 8.37. The lowest BCUT2D eigenvalue weighted by molar-refractivity contribution is -0.135. The lowest BCUT2D eigenvalue weighted by atomic mass is 9.52. The second-order valence-electron chi connectivity index (χ2n) is 10.5. The third-order valence-corrected chi connectivity index (χ3v) is 9.23. The first-order valence-electron chi connectivity index (χ1n) is 12.3. The molecule has 1 amide bonds. The minimum atomic E-state index is 0.273. The number of hydrogen-bond donors (Lipinski definition) is 1. The summed E-state index contributed by atoms with van der Waals surface area (Å²) < 4.78 is 0. The first kappa shape index (κ1) is 20.9. The van der Waals surface area contributed by atoms with Gasteiger partial charge in [0.15, 0.2) is 5.16 Å². The molecule has 166 valence electrons. The number of carbonyl (C=O) groups is 1. The summed E-state index contributed by atoms with van der Waals surface area (Å²) >= 11 is 1.57. The molecule has 0 atom stereocenters. The highest BCUT2D eigenvalue weighted by Crippen LogP contribution is 2.57. The number of H-pyrrole nitrogens is 1. The average molecular weight is 431 g/mol. The van der Waals surface area contributed by atoms with E-state index in [9.17, 15) is 4.79 Å². The molecule has 1 N–H and O–H groups in total. The fourth-order valence-electron chi connectivity index (χ4n) is 7.23. The highest BCUT2D eigenvalue weighted by atomic mass is 32.2. The second kappa shape index (κ2) is 8.50. The van der Waals surface area contributed by atoms with Gasteiger partial charge in [0.05, 0.1) is 11.4 Å². The molecule has 2 heterocycles. The van der Waals surface area contributed by atoms with E-state index in [1.807, 2.05) is 0 Å². The number of piperazine rings is 1. The summed E-state index contributed by atoms with van der Waals surface area (Å²) in [6.45, 7) is 8.25. The van der Waals surface area contributed by atoms with Crippen molar-refractivity contribution in [3.05, 3.63) is 11.4 Å². The molecule has 0 unspecified atom stereocenters. The maximum absolute atomic E-state index is 12.8. The number of nitrogens with one attached hydrogen (secondary N) is 1. The predicted octanol–water partition coefficient (Wildman–Crippen LogP) is 4.27. The van der Waals surface area contributed by atoms with Crippen LogP contribution in [-0.2, 0) is 11.2 Å². The number of nitrogens with zero attached hydrogens (tertiary/aromatic N) is 3. The monoisotopic (exact) mass is 430 g/mol. The minimum absolute atomic E-state index is 0.273. The molecule has 1 aromatic heterocycles. The Balaban J connectivity index is 1.11. The van der Waals surface area contributed by atoms with Crippen molar-refractivity contribution >= 4 is 17.7 Å². The van der Waals surface area contributed by atoms with Crippen LogP contribution in [0.4, 0.5) is 0 Å². The van der Waals surface area contributed by atoms with E-state index in [2.05, 4.69) is 28.6 Å². The molecule has 0 radical (unpaired) electrons. The van der Waals surface area contributed by atoms with Crippen molar-refractivity contribution < 1.29 is 4.79 Å². The Morgan fingerprint density at radius 3 is 2.33 bits per heavy atom. The fourth-order valence-corrected chi connectivity index (χ4v) is 8.07. The summed E-state index contributed by atoms with van der Waals surface area (Å²) in [4.78, 5) is 25.8. The number of hydrogen-bond acceptors (Lipinski definition) is 4. The van der Waals surface area contributed by atoms with Gasteiger partial charge in [-0.15, -0.1) is 0 Å². The van der Waals surface area contributed by atoms with Crippen LogP contribution in [0.3, 0.4) is 0 Å².